The maximum absolute atomic E-state index is 15.2. The summed E-state index contributed by atoms with van der Waals surface area (Å²) in [5.41, 5.74) is 3.69. The van der Waals surface area contributed by atoms with Gasteiger partial charge in [0.15, 0.2) is 16.6 Å². The van der Waals surface area contributed by atoms with Gasteiger partial charge in [0, 0.05) is 16.7 Å². The molecule has 1 aliphatic heterocycles. The number of halogens is 1. The van der Waals surface area contributed by atoms with Crippen molar-refractivity contribution in [1.29, 1.82) is 0 Å². The zero-order valence-corrected chi connectivity index (χ0v) is 29.3. The summed E-state index contributed by atoms with van der Waals surface area (Å²) >= 11 is 6.67. The first-order chi connectivity index (χ1) is 16.8. The van der Waals surface area contributed by atoms with Gasteiger partial charge >= 0.3 is 18.9 Å². The third-order valence-electron chi connectivity index (χ3n) is 6.76. The molecule has 206 valence electrons. The second-order valence-electron chi connectivity index (χ2n) is 13.7. The largest absolute Gasteiger partial charge is 1.00 e. The van der Waals surface area contributed by atoms with Crippen molar-refractivity contribution < 1.29 is 37.6 Å². The summed E-state index contributed by atoms with van der Waals surface area (Å²) in [6.07, 6.45) is -0.440. The zero-order chi connectivity index (χ0) is 28.0. The Bertz CT molecular complexity index is 1080. The van der Waals surface area contributed by atoms with Crippen molar-refractivity contribution in [2.45, 2.75) is 103 Å². The first kappa shape index (κ1) is 34.0. The maximum Gasteiger partial charge on any atom is 1.00 e. The van der Waals surface area contributed by atoms with Crippen LogP contribution in [0.1, 0.15) is 29.2 Å². The molecule has 0 spiro atoms. The standard InChI is InChI=1S/C29H46ClO4Si3.Li/c1-20-12-14-22(15-13-20)18-23-19-24(16-17-25(23)30)29(31)27(34-37(9,10)11)26(33-36(6,7)8)21(2)28(32-29)35(3,4)5;/h12-17,19,21,26-28H,18H2,1-11H3;/q-1;+1/t21-,26-,27+,28+,29?;/m0./s1. The fourth-order valence-corrected chi connectivity index (χ4v) is 9.87. The second kappa shape index (κ2) is 12.4. The van der Waals surface area contributed by atoms with E-state index in [0.29, 0.717) is 17.0 Å². The third kappa shape index (κ3) is 8.42. The van der Waals surface area contributed by atoms with Gasteiger partial charge in [0.1, 0.15) is 0 Å². The summed E-state index contributed by atoms with van der Waals surface area (Å²) in [6.45, 7) is 24.0. The fourth-order valence-electron chi connectivity index (χ4n) is 5.18. The third-order valence-corrected chi connectivity index (χ3v) is 11.4. The van der Waals surface area contributed by atoms with E-state index >= 15 is 5.11 Å². The maximum atomic E-state index is 15.2. The molecule has 0 aromatic heterocycles. The Morgan fingerprint density at radius 2 is 1.45 bits per heavy atom. The number of hydrogen-bond donors (Lipinski definition) is 0. The van der Waals surface area contributed by atoms with E-state index in [1.54, 1.807) is 0 Å². The van der Waals surface area contributed by atoms with Crippen LogP contribution in [0.5, 0.6) is 0 Å². The number of rotatable bonds is 8. The van der Waals surface area contributed by atoms with Crippen LogP contribution in [0.2, 0.25) is 63.9 Å². The molecule has 3 rings (SSSR count). The Morgan fingerprint density at radius 3 is 1.95 bits per heavy atom. The van der Waals surface area contributed by atoms with Gasteiger partial charge in [-0.05, 0) is 75.4 Å². The van der Waals surface area contributed by atoms with Crippen molar-refractivity contribution in [2.24, 2.45) is 5.92 Å². The van der Waals surface area contributed by atoms with Crippen LogP contribution >= 0.6 is 11.6 Å². The topological polar surface area (TPSA) is 50.8 Å². The van der Waals surface area contributed by atoms with Crippen molar-refractivity contribution >= 4 is 36.3 Å². The van der Waals surface area contributed by atoms with E-state index in [1.165, 1.54) is 5.56 Å². The molecule has 0 saturated carbocycles. The number of aryl methyl sites for hydroxylation is 1. The number of ether oxygens (including phenoxy) is 1. The average Bonchev–Trinajstić information content (AvgIpc) is 2.74. The van der Waals surface area contributed by atoms with Gasteiger partial charge in [0.25, 0.3) is 0 Å². The van der Waals surface area contributed by atoms with Crippen LogP contribution in [0.3, 0.4) is 0 Å². The molecular formula is C29H46ClLiO4Si3. The average molecular weight is 585 g/mol. The first-order valence-electron chi connectivity index (χ1n) is 13.4. The van der Waals surface area contributed by atoms with Gasteiger partial charge in [-0.25, -0.2) is 0 Å². The van der Waals surface area contributed by atoms with E-state index in [9.17, 15) is 0 Å². The van der Waals surface area contributed by atoms with Crippen molar-refractivity contribution in [1.82, 2.24) is 0 Å². The fraction of sp³-hybridized carbons (Fsp3) is 0.586. The molecule has 0 N–H and O–H groups in total. The van der Waals surface area contributed by atoms with Crippen LogP contribution in [0.4, 0.5) is 0 Å². The van der Waals surface area contributed by atoms with Crippen LogP contribution in [0, 0.1) is 12.8 Å². The molecule has 4 nitrogen and oxygen atoms in total. The van der Waals surface area contributed by atoms with Crippen molar-refractivity contribution in [3.05, 3.63) is 69.7 Å². The molecule has 38 heavy (non-hydrogen) atoms. The van der Waals surface area contributed by atoms with Gasteiger partial charge < -0.3 is 18.7 Å². The minimum atomic E-state index is -2.13. The van der Waals surface area contributed by atoms with Gasteiger partial charge in [-0.2, -0.15) is 0 Å². The molecule has 1 saturated heterocycles. The first-order valence-corrected chi connectivity index (χ1v) is 24.2. The summed E-state index contributed by atoms with van der Waals surface area (Å²) in [4.78, 5) is 0. The minimum absolute atomic E-state index is 0. The smallest absolute Gasteiger partial charge is 0.823 e. The zero-order valence-electron chi connectivity index (χ0n) is 25.6. The molecule has 0 amide bonds. The van der Waals surface area contributed by atoms with E-state index in [0.717, 1.165) is 11.1 Å². The SMILES string of the molecule is Cc1ccc(Cc2cc(C3([O-])O[C@H]([Si](C)(C)C)[C@@H](C)[C@H](O[Si](C)(C)C)[C@H]3O[Si](C)(C)C)ccc2Cl)cc1.[Li+]. The Kier molecular flexibility index (Phi) is 11.1. The number of benzene rings is 2. The molecule has 9 heteroatoms. The summed E-state index contributed by atoms with van der Waals surface area (Å²) in [5, 5.41) is 15.8. The molecule has 2 aromatic rings. The van der Waals surface area contributed by atoms with Crippen molar-refractivity contribution in [3.63, 3.8) is 0 Å². The van der Waals surface area contributed by atoms with E-state index < -0.39 is 36.6 Å². The van der Waals surface area contributed by atoms with Gasteiger partial charge in [-0.15, -0.1) is 0 Å². The van der Waals surface area contributed by atoms with Gasteiger partial charge in [-0.3, -0.25) is 0 Å². The van der Waals surface area contributed by atoms with E-state index in [2.05, 4.69) is 97.0 Å². The predicted molar refractivity (Wildman–Crippen MR) is 161 cm³/mol. The molecule has 1 fully saturated rings. The van der Waals surface area contributed by atoms with E-state index in [1.807, 2.05) is 18.2 Å². The minimum Gasteiger partial charge on any atom is -0.823 e. The summed E-state index contributed by atoms with van der Waals surface area (Å²) in [5.74, 6) is -1.84. The Morgan fingerprint density at radius 1 is 0.895 bits per heavy atom. The monoisotopic (exact) mass is 584 g/mol. The van der Waals surface area contributed by atoms with Gasteiger partial charge in [0.2, 0.25) is 0 Å². The summed E-state index contributed by atoms with van der Waals surface area (Å²) < 4.78 is 20.2. The molecule has 0 radical (unpaired) electrons. The molecule has 2 aromatic carbocycles. The van der Waals surface area contributed by atoms with Crippen molar-refractivity contribution in [3.8, 4) is 0 Å². The Hall–Kier alpha value is -0.182. The molecule has 0 bridgehead atoms. The molecule has 1 unspecified atom stereocenters. The number of hydrogen-bond acceptors (Lipinski definition) is 4. The summed E-state index contributed by atoms with van der Waals surface area (Å²) in [6, 6.07) is 14.0. The van der Waals surface area contributed by atoms with E-state index in [-0.39, 0.29) is 36.6 Å². The molecule has 1 heterocycles. The van der Waals surface area contributed by atoms with Crippen molar-refractivity contribution in [2.75, 3.05) is 0 Å². The van der Waals surface area contributed by atoms with Crippen LogP contribution in [-0.2, 0) is 25.8 Å². The molecule has 5 atom stereocenters. The van der Waals surface area contributed by atoms with Crippen LogP contribution in [-0.4, -0.2) is 42.6 Å². The van der Waals surface area contributed by atoms with Crippen LogP contribution in [0.15, 0.2) is 42.5 Å². The predicted octanol–water partition coefficient (Wildman–Crippen LogP) is 4.11. The normalized spacial score (nSPS) is 26.7. The van der Waals surface area contributed by atoms with Gasteiger partial charge in [-0.1, -0.05) is 80.1 Å². The Labute approximate surface area is 251 Å². The van der Waals surface area contributed by atoms with E-state index in [4.69, 9.17) is 25.2 Å². The van der Waals surface area contributed by atoms with Gasteiger partial charge in [0.05, 0.1) is 26.0 Å². The van der Waals surface area contributed by atoms with Crippen LogP contribution in [0.25, 0.3) is 0 Å². The Balaban J connectivity index is 0.00000507. The molecule has 1 aliphatic rings. The molecular weight excluding hydrogens is 539 g/mol. The quantitative estimate of drug-likeness (QED) is 0.438. The second-order valence-corrected chi connectivity index (χ2v) is 28.4. The summed E-state index contributed by atoms with van der Waals surface area (Å²) in [7, 11) is -6.02. The molecule has 0 aliphatic carbocycles. The van der Waals surface area contributed by atoms with Crippen LogP contribution < -0.4 is 24.0 Å².